The molecule has 0 fully saturated rings. The lowest BCUT2D eigenvalue weighted by atomic mass is 10.0. The average molecular weight is 398 g/mol. The van der Waals surface area contributed by atoms with Crippen molar-refractivity contribution in [2.24, 2.45) is 0 Å². The maximum atomic E-state index is 12.1. The molecule has 0 amide bonds. The summed E-state index contributed by atoms with van der Waals surface area (Å²) in [5.74, 6) is 1.17. The van der Waals surface area contributed by atoms with Crippen LogP contribution in [0.4, 0.5) is 0 Å². The van der Waals surface area contributed by atoms with E-state index < -0.39 is 10.0 Å². The second kappa shape index (κ2) is 7.95. The number of ether oxygens (including phenoxy) is 1. The van der Waals surface area contributed by atoms with Gasteiger partial charge in [-0.2, -0.15) is 0 Å². The Kier molecular flexibility index (Phi) is 6.21. The highest BCUT2D eigenvalue weighted by Crippen LogP contribution is 2.20. The first-order chi connectivity index (χ1) is 10.9. The molecule has 0 saturated heterocycles. The van der Waals surface area contributed by atoms with Crippen LogP contribution in [0.2, 0.25) is 0 Å². The van der Waals surface area contributed by atoms with Gasteiger partial charge in [0.1, 0.15) is 12.4 Å². The fraction of sp³-hybridized carbons (Fsp3) is 0.294. The van der Waals surface area contributed by atoms with Crippen molar-refractivity contribution in [3.63, 3.8) is 0 Å². The molecule has 0 aliphatic rings. The molecule has 0 aliphatic carbocycles. The largest absolute Gasteiger partial charge is 0.492 e. The molecule has 0 aliphatic heterocycles. The minimum Gasteiger partial charge on any atom is -0.492 e. The van der Waals surface area contributed by atoms with Crippen LogP contribution in [0.15, 0.2) is 57.9 Å². The van der Waals surface area contributed by atoms with Gasteiger partial charge in [0.15, 0.2) is 0 Å². The summed E-state index contributed by atoms with van der Waals surface area (Å²) >= 11 is 3.28. The van der Waals surface area contributed by atoms with Crippen LogP contribution in [-0.2, 0) is 10.0 Å². The van der Waals surface area contributed by atoms with E-state index in [9.17, 15) is 8.42 Å². The minimum atomic E-state index is -3.50. The quantitative estimate of drug-likeness (QED) is 0.719. The van der Waals surface area contributed by atoms with Crippen LogP contribution in [0.25, 0.3) is 0 Å². The lowest BCUT2D eigenvalue weighted by Gasteiger charge is -2.11. The summed E-state index contributed by atoms with van der Waals surface area (Å²) in [7, 11) is -3.50. The molecule has 1 N–H and O–H groups in total. The van der Waals surface area contributed by atoms with Crippen LogP contribution < -0.4 is 9.46 Å². The van der Waals surface area contributed by atoms with E-state index in [1.54, 1.807) is 24.3 Å². The lowest BCUT2D eigenvalue weighted by molar-refractivity contribution is 0.322. The zero-order valence-corrected chi connectivity index (χ0v) is 15.5. The molecule has 4 nitrogen and oxygen atoms in total. The number of halogens is 1. The van der Waals surface area contributed by atoms with E-state index >= 15 is 0 Å². The van der Waals surface area contributed by atoms with Crippen LogP contribution in [-0.4, -0.2) is 21.6 Å². The molecule has 2 rings (SSSR count). The third-order valence-corrected chi connectivity index (χ3v) is 5.32. The van der Waals surface area contributed by atoms with Crippen LogP contribution in [0.5, 0.6) is 5.75 Å². The summed E-state index contributed by atoms with van der Waals surface area (Å²) in [6.45, 7) is 4.72. The zero-order valence-electron chi connectivity index (χ0n) is 13.1. The number of hydrogen-bond acceptors (Lipinski definition) is 3. The number of hydrogen-bond donors (Lipinski definition) is 1. The Balaban J connectivity index is 1.87. The molecule has 2 aromatic carbocycles. The maximum absolute atomic E-state index is 12.1. The summed E-state index contributed by atoms with van der Waals surface area (Å²) in [4.78, 5) is 0.238. The highest BCUT2D eigenvalue weighted by atomic mass is 79.9. The smallest absolute Gasteiger partial charge is 0.240 e. The summed E-state index contributed by atoms with van der Waals surface area (Å²) in [6, 6.07) is 14.3. The van der Waals surface area contributed by atoms with Crippen molar-refractivity contribution in [2.45, 2.75) is 24.7 Å². The Hall–Kier alpha value is -1.37. The van der Waals surface area contributed by atoms with E-state index in [1.807, 2.05) is 24.3 Å². The predicted octanol–water partition coefficient (Wildman–Crippen LogP) is 3.93. The van der Waals surface area contributed by atoms with E-state index in [0.717, 1.165) is 10.2 Å². The monoisotopic (exact) mass is 397 g/mol. The van der Waals surface area contributed by atoms with Gasteiger partial charge in [0.25, 0.3) is 0 Å². The Bertz CT molecular complexity index is 743. The van der Waals surface area contributed by atoms with Gasteiger partial charge in [-0.1, -0.05) is 41.9 Å². The van der Waals surface area contributed by atoms with Gasteiger partial charge in [-0.25, -0.2) is 13.1 Å². The first-order valence-corrected chi connectivity index (χ1v) is 9.64. The molecule has 0 unspecified atom stereocenters. The first-order valence-electron chi connectivity index (χ1n) is 7.36. The SMILES string of the molecule is CC(C)c1cccc(OCCNS(=O)(=O)c2ccc(Br)cc2)c1. The normalized spacial score (nSPS) is 11.7. The van der Waals surface area contributed by atoms with Crippen molar-refractivity contribution < 1.29 is 13.2 Å². The van der Waals surface area contributed by atoms with E-state index in [2.05, 4.69) is 34.5 Å². The van der Waals surface area contributed by atoms with Crippen molar-refractivity contribution in [3.8, 4) is 5.75 Å². The van der Waals surface area contributed by atoms with Crippen LogP contribution in [0.1, 0.15) is 25.3 Å². The molecular weight excluding hydrogens is 378 g/mol. The van der Waals surface area contributed by atoms with Gasteiger partial charge in [0.05, 0.1) is 4.90 Å². The summed E-state index contributed by atoms with van der Waals surface area (Å²) in [5.41, 5.74) is 1.19. The van der Waals surface area contributed by atoms with Crippen molar-refractivity contribution in [1.29, 1.82) is 0 Å². The van der Waals surface area contributed by atoms with Gasteiger partial charge in [0, 0.05) is 11.0 Å². The third kappa shape index (κ3) is 5.34. The van der Waals surface area contributed by atoms with Crippen molar-refractivity contribution in [2.75, 3.05) is 13.2 Å². The molecule has 0 spiro atoms. The van der Waals surface area contributed by atoms with Crippen molar-refractivity contribution in [3.05, 3.63) is 58.6 Å². The van der Waals surface area contributed by atoms with E-state index in [-0.39, 0.29) is 18.0 Å². The molecule has 0 radical (unpaired) electrons. The molecule has 6 heteroatoms. The Labute approximate surface area is 146 Å². The topological polar surface area (TPSA) is 55.4 Å². The Morgan fingerprint density at radius 3 is 2.48 bits per heavy atom. The van der Waals surface area contributed by atoms with Crippen LogP contribution >= 0.6 is 15.9 Å². The molecule has 0 saturated carbocycles. The number of rotatable bonds is 7. The predicted molar refractivity (Wildman–Crippen MR) is 95.4 cm³/mol. The zero-order chi connectivity index (χ0) is 16.9. The molecule has 23 heavy (non-hydrogen) atoms. The standard InChI is InChI=1S/C17H20BrNO3S/c1-13(2)14-4-3-5-16(12-14)22-11-10-19-23(20,21)17-8-6-15(18)7-9-17/h3-9,12-13,19H,10-11H2,1-2H3. The van der Waals surface area contributed by atoms with Gasteiger partial charge in [0.2, 0.25) is 10.0 Å². The Morgan fingerprint density at radius 2 is 1.83 bits per heavy atom. The highest BCUT2D eigenvalue weighted by Gasteiger charge is 2.12. The van der Waals surface area contributed by atoms with Gasteiger partial charge < -0.3 is 4.74 Å². The molecule has 0 bridgehead atoms. The summed E-state index contributed by atoms with van der Waals surface area (Å²) < 4.78 is 33.2. The lowest BCUT2D eigenvalue weighted by Crippen LogP contribution is -2.28. The fourth-order valence-electron chi connectivity index (χ4n) is 2.01. The number of nitrogens with one attached hydrogen (secondary N) is 1. The number of sulfonamides is 1. The average Bonchev–Trinajstić information content (AvgIpc) is 2.52. The van der Waals surface area contributed by atoms with Crippen LogP contribution in [0.3, 0.4) is 0 Å². The molecule has 0 heterocycles. The minimum absolute atomic E-state index is 0.213. The van der Waals surface area contributed by atoms with E-state index in [4.69, 9.17) is 4.74 Å². The second-order valence-corrected chi connectivity index (χ2v) is 8.11. The first kappa shape index (κ1) is 18.0. The van der Waals surface area contributed by atoms with Crippen LogP contribution in [0, 0.1) is 0 Å². The van der Waals surface area contributed by atoms with Gasteiger partial charge in [-0.05, 0) is 47.9 Å². The van der Waals surface area contributed by atoms with E-state index in [0.29, 0.717) is 5.92 Å². The molecule has 124 valence electrons. The van der Waals surface area contributed by atoms with Gasteiger partial charge in [-0.15, -0.1) is 0 Å². The van der Waals surface area contributed by atoms with Crippen molar-refractivity contribution in [1.82, 2.24) is 4.72 Å². The van der Waals surface area contributed by atoms with Crippen molar-refractivity contribution >= 4 is 26.0 Å². The fourth-order valence-corrected chi connectivity index (χ4v) is 3.28. The molecule has 0 atom stereocenters. The van der Waals surface area contributed by atoms with Gasteiger partial charge in [-0.3, -0.25) is 0 Å². The maximum Gasteiger partial charge on any atom is 0.240 e. The van der Waals surface area contributed by atoms with E-state index in [1.165, 1.54) is 5.56 Å². The highest BCUT2D eigenvalue weighted by molar-refractivity contribution is 9.10. The second-order valence-electron chi connectivity index (χ2n) is 5.43. The van der Waals surface area contributed by atoms with Gasteiger partial charge >= 0.3 is 0 Å². The molecule has 0 aromatic heterocycles. The summed E-state index contributed by atoms with van der Waals surface area (Å²) in [6.07, 6.45) is 0. The third-order valence-electron chi connectivity index (χ3n) is 3.31. The summed E-state index contributed by atoms with van der Waals surface area (Å²) in [5, 5.41) is 0. The Morgan fingerprint density at radius 1 is 1.13 bits per heavy atom. The number of benzene rings is 2. The molecular formula is C17H20BrNO3S. The molecule has 2 aromatic rings.